The molecule has 0 saturated carbocycles. The van der Waals surface area contributed by atoms with Crippen molar-refractivity contribution in [2.24, 2.45) is 0 Å². The Hall–Kier alpha value is -2.48. The van der Waals surface area contributed by atoms with Crippen LogP contribution in [0.2, 0.25) is 0 Å². The van der Waals surface area contributed by atoms with Crippen LogP contribution in [0.1, 0.15) is 35.3 Å². The number of carbonyl (C=O) groups excluding carboxylic acids is 1. The van der Waals surface area contributed by atoms with Crippen LogP contribution in [0.5, 0.6) is 0 Å². The summed E-state index contributed by atoms with van der Waals surface area (Å²) in [6.07, 6.45) is 3.87. The first kappa shape index (κ1) is 21.7. The fourth-order valence-electron chi connectivity index (χ4n) is 3.89. The van der Waals surface area contributed by atoms with Crippen LogP contribution in [-0.4, -0.2) is 45.9 Å². The maximum atomic E-state index is 12.5. The number of halogens is 1. The first-order valence-corrected chi connectivity index (χ1v) is 11.3. The molecule has 1 amide bonds. The summed E-state index contributed by atoms with van der Waals surface area (Å²) < 4.78 is 8.50. The number of rotatable bonds is 6. The van der Waals surface area contributed by atoms with Gasteiger partial charge < -0.3 is 10.1 Å². The minimum Gasteiger partial charge on any atom is -0.373 e. The average molecular weight is 483 g/mol. The van der Waals surface area contributed by atoms with Crippen LogP contribution in [0, 0.1) is 0 Å². The highest BCUT2D eigenvalue weighted by molar-refractivity contribution is 9.10. The fraction of sp³-hybridized carbons (Fsp3) is 0.333. The van der Waals surface area contributed by atoms with Gasteiger partial charge in [0.1, 0.15) is 0 Å². The van der Waals surface area contributed by atoms with Crippen molar-refractivity contribution in [1.82, 2.24) is 20.0 Å². The number of nitrogens with one attached hydrogen (secondary N) is 1. The van der Waals surface area contributed by atoms with Crippen molar-refractivity contribution in [3.63, 3.8) is 0 Å². The van der Waals surface area contributed by atoms with E-state index in [9.17, 15) is 4.79 Å². The van der Waals surface area contributed by atoms with Crippen molar-refractivity contribution in [1.29, 1.82) is 0 Å². The lowest BCUT2D eigenvalue weighted by Gasteiger charge is -2.35. The van der Waals surface area contributed by atoms with Gasteiger partial charge in [-0.05, 0) is 49.2 Å². The summed E-state index contributed by atoms with van der Waals surface area (Å²) in [5.41, 5.74) is 3.78. The van der Waals surface area contributed by atoms with E-state index in [1.54, 1.807) is 17.1 Å². The highest BCUT2D eigenvalue weighted by Gasteiger charge is 2.21. The molecule has 1 saturated heterocycles. The van der Waals surface area contributed by atoms with Gasteiger partial charge in [0.25, 0.3) is 5.91 Å². The van der Waals surface area contributed by atoms with E-state index in [2.05, 4.69) is 69.4 Å². The minimum absolute atomic E-state index is 0.135. The molecule has 0 bridgehead atoms. The van der Waals surface area contributed by atoms with Crippen LogP contribution in [0.25, 0.3) is 5.69 Å². The number of carbonyl (C=O) groups is 1. The van der Waals surface area contributed by atoms with E-state index in [0.29, 0.717) is 12.1 Å². The van der Waals surface area contributed by atoms with Gasteiger partial charge in [0.15, 0.2) is 0 Å². The molecule has 3 aromatic rings. The fourth-order valence-corrected chi connectivity index (χ4v) is 4.16. The highest BCUT2D eigenvalue weighted by atomic mass is 79.9. The number of nitrogens with zero attached hydrogens (tertiary/aromatic N) is 3. The van der Waals surface area contributed by atoms with Crippen LogP contribution < -0.4 is 5.32 Å². The van der Waals surface area contributed by atoms with Gasteiger partial charge in [-0.2, -0.15) is 5.10 Å². The largest absolute Gasteiger partial charge is 0.373 e. The van der Waals surface area contributed by atoms with Crippen molar-refractivity contribution in [2.45, 2.75) is 39.1 Å². The monoisotopic (exact) mass is 482 g/mol. The molecule has 4 rings (SSSR count). The van der Waals surface area contributed by atoms with Crippen molar-refractivity contribution < 1.29 is 9.53 Å². The van der Waals surface area contributed by atoms with Crippen molar-refractivity contribution in [3.05, 3.63) is 82.1 Å². The second kappa shape index (κ2) is 9.77. The number of benzene rings is 2. The molecular formula is C24H27BrN4O2. The molecule has 2 aromatic carbocycles. The molecule has 2 unspecified atom stereocenters. The van der Waals surface area contributed by atoms with E-state index in [1.807, 2.05) is 24.3 Å². The summed E-state index contributed by atoms with van der Waals surface area (Å²) >= 11 is 3.42. The molecule has 162 valence electrons. The zero-order valence-corrected chi connectivity index (χ0v) is 19.4. The van der Waals surface area contributed by atoms with Crippen molar-refractivity contribution >= 4 is 21.8 Å². The van der Waals surface area contributed by atoms with Gasteiger partial charge in [0.2, 0.25) is 0 Å². The molecule has 1 fully saturated rings. The number of hydrogen-bond donors (Lipinski definition) is 1. The summed E-state index contributed by atoms with van der Waals surface area (Å²) in [6, 6.07) is 16.2. The molecule has 7 heteroatoms. The Bertz CT molecular complexity index is 1010. The van der Waals surface area contributed by atoms with Crippen molar-refractivity contribution in [3.8, 4) is 5.69 Å². The smallest absolute Gasteiger partial charge is 0.254 e. The third kappa shape index (κ3) is 5.81. The average Bonchev–Trinajstić information content (AvgIpc) is 3.23. The van der Waals surface area contributed by atoms with Gasteiger partial charge in [-0.1, -0.05) is 40.2 Å². The summed E-state index contributed by atoms with van der Waals surface area (Å²) in [5, 5.41) is 7.27. The van der Waals surface area contributed by atoms with Crippen LogP contribution in [0.3, 0.4) is 0 Å². The van der Waals surface area contributed by atoms with E-state index in [0.717, 1.165) is 35.4 Å². The minimum atomic E-state index is -0.135. The van der Waals surface area contributed by atoms with E-state index < -0.39 is 0 Å². The van der Waals surface area contributed by atoms with E-state index in [4.69, 9.17) is 4.74 Å². The second-order valence-electron chi connectivity index (χ2n) is 8.10. The number of amides is 1. The molecule has 6 nitrogen and oxygen atoms in total. The summed E-state index contributed by atoms with van der Waals surface area (Å²) in [7, 11) is 0. The molecular weight excluding hydrogens is 456 g/mol. The van der Waals surface area contributed by atoms with Gasteiger partial charge in [-0.15, -0.1) is 0 Å². The molecule has 1 aliphatic rings. The van der Waals surface area contributed by atoms with Crippen molar-refractivity contribution in [2.75, 3.05) is 13.1 Å². The predicted octanol–water partition coefficient (Wildman–Crippen LogP) is 4.17. The number of ether oxygens (including phenoxy) is 1. The summed E-state index contributed by atoms with van der Waals surface area (Å²) in [5.74, 6) is -0.135. The lowest BCUT2D eigenvalue weighted by Crippen LogP contribution is -2.44. The first-order valence-electron chi connectivity index (χ1n) is 10.5. The molecule has 1 aromatic heterocycles. The Morgan fingerprint density at radius 3 is 2.39 bits per heavy atom. The third-order valence-corrected chi connectivity index (χ3v) is 5.84. The molecule has 0 spiro atoms. The van der Waals surface area contributed by atoms with E-state index in [-0.39, 0.29) is 18.1 Å². The standard InChI is InChI=1S/C24H27BrN4O2/c1-17-13-28(14-18(2)31-17)15-20-5-3-19(4-6-20)11-26-24(30)21-12-27-29(16-21)23-9-7-22(25)8-10-23/h3-10,12,16-18H,11,13-15H2,1-2H3,(H,26,30). The molecule has 1 N–H and O–H groups in total. The number of morpholine rings is 1. The highest BCUT2D eigenvalue weighted by Crippen LogP contribution is 2.16. The van der Waals surface area contributed by atoms with Crippen LogP contribution in [-0.2, 0) is 17.8 Å². The summed E-state index contributed by atoms with van der Waals surface area (Å²) in [4.78, 5) is 14.9. The van der Waals surface area contributed by atoms with Gasteiger partial charge in [-0.3, -0.25) is 9.69 Å². The van der Waals surface area contributed by atoms with E-state index in [1.165, 1.54) is 5.56 Å². The van der Waals surface area contributed by atoms with Crippen LogP contribution in [0.4, 0.5) is 0 Å². The Kier molecular flexibility index (Phi) is 6.85. The first-order chi connectivity index (χ1) is 15.0. The molecule has 31 heavy (non-hydrogen) atoms. The maximum absolute atomic E-state index is 12.5. The maximum Gasteiger partial charge on any atom is 0.254 e. The topological polar surface area (TPSA) is 59.4 Å². The van der Waals surface area contributed by atoms with Gasteiger partial charge >= 0.3 is 0 Å². The molecule has 0 radical (unpaired) electrons. The second-order valence-corrected chi connectivity index (χ2v) is 9.02. The van der Waals surface area contributed by atoms with Crippen LogP contribution >= 0.6 is 15.9 Å². The SMILES string of the molecule is CC1CN(Cc2ccc(CNC(=O)c3cnn(-c4ccc(Br)cc4)c3)cc2)CC(C)O1. The molecule has 2 atom stereocenters. The zero-order valence-electron chi connectivity index (χ0n) is 17.8. The zero-order chi connectivity index (χ0) is 21.8. The lowest BCUT2D eigenvalue weighted by atomic mass is 10.1. The Balaban J connectivity index is 1.30. The molecule has 2 heterocycles. The lowest BCUT2D eigenvalue weighted by molar-refractivity contribution is -0.0704. The molecule has 1 aliphatic heterocycles. The Morgan fingerprint density at radius 2 is 1.71 bits per heavy atom. The number of hydrogen-bond acceptors (Lipinski definition) is 4. The van der Waals surface area contributed by atoms with Crippen LogP contribution in [0.15, 0.2) is 65.4 Å². The Morgan fingerprint density at radius 1 is 1.06 bits per heavy atom. The van der Waals surface area contributed by atoms with Gasteiger partial charge in [0, 0.05) is 36.8 Å². The Labute approximate surface area is 191 Å². The summed E-state index contributed by atoms with van der Waals surface area (Å²) in [6.45, 7) is 7.55. The van der Waals surface area contributed by atoms with Gasteiger partial charge in [-0.25, -0.2) is 4.68 Å². The van der Waals surface area contributed by atoms with Gasteiger partial charge in [0.05, 0.1) is 29.7 Å². The normalized spacial score (nSPS) is 19.3. The molecule has 0 aliphatic carbocycles. The van der Waals surface area contributed by atoms with E-state index >= 15 is 0 Å². The number of aromatic nitrogens is 2. The predicted molar refractivity (Wildman–Crippen MR) is 124 cm³/mol. The third-order valence-electron chi connectivity index (χ3n) is 5.31. The quantitative estimate of drug-likeness (QED) is 0.572.